The van der Waals surface area contributed by atoms with E-state index in [1.54, 1.807) is 0 Å². The molecule has 6 aromatic rings. The lowest BCUT2D eigenvalue weighted by Gasteiger charge is -2.36. The highest BCUT2D eigenvalue weighted by Gasteiger charge is 2.32. The Morgan fingerprint density at radius 3 is 1.10 bits per heavy atom. The summed E-state index contributed by atoms with van der Waals surface area (Å²) in [6.45, 7) is 25.3. The van der Waals surface area contributed by atoms with Gasteiger partial charge in [0.15, 0.2) is 13.2 Å². The first-order valence-electron chi connectivity index (χ1n) is 33.6. The van der Waals surface area contributed by atoms with E-state index in [4.69, 9.17) is 14.2 Å². The average molecular weight is 1360 g/mol. The number of aromatic nitrogens is 6. The average Bonchev–Trinajstić information content (AvgIpc) is 1.26. The largest absolute Gasteiger partial charge is 0.489 e. The number of H-pyrrole nitrogens is 3. The van der Waals surface area contributed by atoms with Crippen LogP contribution in [0.25, 0.3) is 0 Å². The zero-order valence-electron chi connectivity index (χ0n) is 55.4. The Morgan fingerprint density at radius 1 is 0.433 bits per heavy atom. The predicted molar refractivity (Wildman–Crippen MR) is 352 cm³/mol. The summed E-state index contributed by atoms with van der Waals surface area (Å²) < 4.78 is 132. The highest BCUT2D eigenvalue weighted by molar-refractivity contribution is 5.76. The summed E-state index contributed by atoms with van der Waals surface area (Å²) >= 11 is 0. The smallest absolute Gasteiger partial charge is 0.422 e. The van der Waals surface area contributed by atoms with E-state index in [9.17, 15) is 44.3 Å². The molecule has 0 spiro atoms. The predicted octanol–water partition coefficient (Wildman–Crippen LogP) is 11.8. The second-order valence-corrected chi connectivity index (χ2v) is 25.9. The first-order valence-corrected chi connectivity index (χ1v) is 33.6. The zero-order valence-corrected chi connectivity index (χ0v) is 55.4. The monoisotopic (exact) mass is 1360 g/mol. The normalized spacial score (nSPS) is 18.1. The van der Waals surface area contributed by atoms with E-state index in [0.29, 0.717) is 95.5 Å². The molecule has 3 aromatic heterocycles. The maximum Gasteiger partial charge on any atom is 0.422 e. The summed E-state index contributed by atoms with van der Waals surface area (Å²) in [5.41, 5.74) is 10.3. The number of aromatic amines is 3. The van der Waals surface area contributed by atoms with Crippen LogP contribution in [-0.4, -0.2) is 196 Å². The molecule has 9 heterocycles. The number of allylic oxidation sites excluding steroid dienone is 2. The molecule has 3 aromatic carbocycles. The Bertz CT molecular complexity index is 3360. The summed E-state index contributed by atoms with van der Waals surface area (Å²) in [5, 5.41) is 22.7. The van der Waals surface area contributed by atoms with Crippen LogP contribution in [0.4, 0.5) is 56.6 Å². The van der Waals surface area contributed by atoms with Crippen molar-refractivity contribution >= 4 is 23.0 Å². The number of ether oxygens (including phenoxy) is 3. The van der Waals surface area contributed by atoms with Crippen LogP contribution >= 0.6 is 0 Å². The molecule has 97 heavy (non-hydrogen) atoms. The van der Waals surface area contributed by atoms with Gasteiger partial charge in [0.05, 0.1) is 77.0 Å². The van der Waals surface area contributed by atoms with Gasteiger partial charge in [0.2, 0.25) is 5.91 Å². The van der Waals surface area contributed by atoms with Crippen molar-refractivity contribution in [3.05, 3.63) is 149 Å². The molecule has 6 saturated heterocycles. The van der Waals surface area contributed by atoms with Gasteiger partial charge < -0.3 is 43.6 Å². The Hall–Kier alpha value is -8.11. The number of halogens is 9. The van der Waals surface area contributed by atoms with Gasteiger partial charge in [0, 0.05) is 154 Å². The number of benzene rings is 3. The summed E-state index contributed by atoms with van der Waals surface area (Å²) in [6.07, 6.45) is 0.618. The van der Waals surface area contributed by atoms with Gasteiger partial charge in [-0.3, -0.25) is 34.8 Å². The Kier molecular flexibility index (Phi) is 24.7. The molecule has 0 aliphatic carbocycles. The van der Waals surface area contributed by atoms with E-state index in [0.717, 1.165) is 143 Å². The van der Waals surface area contributed by atoms with Crippen molar-refractivity contribution in [2.75, 3.05) is 126 Å². The summed E-state index contributed by atoms with van der Waals surface area (Å²) in [4.78, 5) is 31.5. The lowest BCUT2D eigenvalue weighted by Crippen LogP contribution is -2.46. The van der Waals surface area contributed by atoms with Crippen LogP contribution in [0.5, 0.6) is 17.2 Å². The maximum absolute atomic E-state index is 13.7. The molecule has 19 nitrogen and oxygen atoms in total. The number of hydrogen-bond acceptors (Lipinski definition) is 15. The number of rotatable bonds is 21. The number of alkyl halides is 6. The van der Waals surface area contributed by atoms with Crippen LogP contribution in [0, 0.1) is 17.5 Å². The molecule has 1 amide bonds. The van der Waals surface area contributed by atoms with E-state index in [1.165, 1.54) is 73.5 Å². The van der Waals surface area contributed by atoms with Crippen LogP contribution in [0.2, 0.25) is 0 Å². The molecule has 0 atom stereocenters. The van der Waals surface area contributed by atoms with E-state index >= 15 is 0 Å². The third-order valence-corrected chi connectivity index (χ3v) is 17.9. The highest BCUT2D eigenvalue weighted by atomic mass is 19.4. The van der Waals surface area contributed by atoms with Gasteiger partial charge in [0.1, 0.15) is 34.7 Å². The Balaban J connectivity index is 0.000000158. The van der Waals surface area contributed by atoms with Crippen LogP contribution in [0.3, 0.4) is 0 Å². The quantitative estimate of drug-likeness (QED) is 0.0584. The van der Waals surface area contributed by atoms with Gasteiger partial charge in [-0.25, -0.2) is 13.2 Å². The molecule has 0 bridgehead atoms. The highest BCUT2D eigenvalue weighted by Crippen LogP contribution is 2.35. The Labute approximate surface area is 561 Å². The lowest BCUT2D eigenvalue weighted by atomic mass is 10.1. The topological polar surface area (TPSA) is 160 Å². The van der Waals surface area contributed by atoms with Crippen molar-refractivity contribution < 1.29 is 58.5 Å². The molecule has 6 aliphatic rings. The van der Waals surface area contributed by atoms with Crippen LogP contribution in [0.1, 0.15) is 106 Å². The van der Waals surface area contributed by atoms with Gasteiger partial charge in [-0.05, 0) is 120 Å². The summed E-state index contributed by atoms with van der Waals surface area (Å²) in [6, 6.07) is 18.5. The van der Waals surface area contributed by atoms with Crippen LogP contribution in [0.15, 0.2) is 97.3 Å². The molecule has 28 heteroatoms. The van der Waals surface area contributed by atoms with Gasteiger partial charge in [-0.2, -0.15) is 41.6 Å². The van der Waals surface area contributed by atoms with Gasteiger partial charge >= 0.3 is 12.4 Å². The number of amides is 1. The fourth-order valence-electron chi connectivity index (χ4n) is 12.9. The zero-order chi connectivity index (χ0) is 68.6. The molecular weight excluding hydrogens is 1270 g/mol. The van der Waals surface area contributed by atoms with Crippen molar-refractivity contribution in [1.29, 1.82) is 0 Å². The summed E-state index contributed by atoms with van der Waals surface area (Å²) in [5.74, 6) is -0.928. The number of hydrogen-bond donors (Lipinski definition) is 3. The molecule has 12 rings (SSSR count). The molecule has 6 aliphatic heterocycles. The second-order valence-electron chi connectivity index (χ2n) is 25.9. The molecule has 6 fully saturated rings. The number of carbonyl (C=O) groups excluding carboxylic acids is 1. The second kappa shape index (κ2) is 33.4. The van der Waals surface area contributed by atoms with Gasteiger partial charge in [-0.15, -0.1) is 0 Å². The lowest BCUT2D eigenvalue weighted by molar-refractivity contribution is -0.154. The third kappa shape index (κ3) is 21.7. The molecule has 0 radical (unpaired) electrons. The van der Waals surface area contributed by atoms with E-state index in [-0.39, 0.29) is 29.3 Å². The van der Waals surface area contributed by atoms with Crippen molar-refractivity contribution in [1.82, 2.24) is 60.0 Å². The number of piperazine rings is 3. The first kappa shape index (κ1) is 71.7. The van der Waals surface area contributed by atoms with E-state index in [1.807, 2.05) is 40.7 Å². The number of piperidine rings is 3. The summed E-state index contributed by atoms with van der Waals surface area (Å²) in [7, 11) is 0. The van der Waals surface area contributed by atoms with E-state index in [2.05, 4.69) is 85.3 Å². The third-order valence-electron chi connectivity index (χ3n) is 17.9. The molecule has 528 valence electrons. The fourth-order valence-corrected chi connectivity index (χ4v) is 12.9. The minimum atomic E-state index is -4.49. The van der Waals surface area contributed by atoms with Gasteiger partial charge in [0.25, 0.3) is 0 Å². The number of anilines is 3. The van der Waals surface area contributed by atoms with Crippen molar-refractivity contribution in [3.8, 4) is 17.2 Å². The standard InChI is InChI=1S/C24H34FN5O.C23H29F4N5O.C22H27F4N5O2/c1-18(2)31-24-14-20(25)7-8-23(24)29-12-10-28(11-13-29)16-21-15-22(27-26-21)17-30-9-5-4-6-19(30)3;1-17-4-2-3-7-32(17)15-20-13-19(28-29-20)14-30-8-10-31(11-9-30)21-6-5-18(24)12-22(21)33-16-23(25,26)27;23-16-4-5-19(20(11-16)33-15-22(24,25)26)30-9-7-29(8-10-30)13-17-12-18(28-27-17)14-31-6-2-1-3-21(31)32/h7-8,14-15,18H,3-6,9-13,16-17H2,1-2H3,(H,26,27);5-6,12-13H,1-4,7-11,14-16H2,(H,28,29);4-5,11-12H,1-3,6-10,13-15H2,(H,27,28). The first-order chi connectivity index (χ1) is 46.5. The van der Waals surface area contributed by atoms with Crippen molar-refractivity contribution in [2.24, 2.45) is 0 Å². The number of carbonyl (C=O) groups is 1. The SMILES string of the molecule is C=C1CCCCN1Cc1cc(CN2CCN(c3ccc(F)cc3OC(C)C)CC2)n[nH]1.C=C1CCCCN1Cc1cc(CN2CCN(c3ccc(F)cc3OCC(F)(F)F)CC2)n[nH]1.O=C1CCCCN1Cc1cc(CN2CCN(c3ccc(F)cc3OCC(F)(F)F)CC2)n[nH]1. The van der Waals surface area contributed by atoms with E-state index < -0.39 is 37.2 Å². The molecule has 3 N–H and O–H groups in total. The van der Waals surface area contributed by atoms with Crippen LogP contribution < -0.4 is 28.9 Å². The van der Waals surface area contributed by atoms with Crippen molar-refractivity contribution in [2.45, 2.75) is 129 Å². The molecular formula is C69H90F9N15O4. The van der Waals surface area contributed by atoms with Gasteiger partial charge in [-0.1, -0.05) is 13.2 Å². The minimum absolute atomic E-state index is 0.0119. The Morgan fingerprint density at radius 2 is 0.763 bits per heavy atom. The molecule has 0 unspecified atom stereocenters. The maximum atomic E-state index is 13.7. The molecule has 0 saturated carbocycles. The van der Waals surface area contributed by atoms with Crippen molar-refractivity contribution in [3.63, 3.8) is 0 Å². The van der Waals surface area contributed by atoms with Crippen LogP contribution in [-0.2, 0) is 44.1 Å². The number of likely N-dealkylation sites (tertiary alicyclic amines) is 3. The number of nitrogens with one attached hydrogen (secondary N) is 3. The number of nitrogens with zero attached hydrogens (tertiary/aromatic N) is 12. The minimum Gasteiger partial charge on any atom is -0.489 e. The fraction of sp³-hybridized carbons (Fsp3) is 0.536.